The van der Waals surface area contributed by atoms with Gasteiger partial charge in [0.05, 0.1) is 10.5 Å². The van der Waals surface area contributed by atoms with Gasteiger partial charge in [-0.25, -0.2) is 13.2 Å². The molecule has 0 amide bonds. The minimum Gasteiger partial charge on any atom is -0.454 e. The van der Waals surface area contributed by atoms with Gasteiger partial charge in [0.15, 0.2) is 9.84 Å². The van der Waals surface area contributed by atoms with E-state index in [-0.39, 0.29) is 10.5 Å². The smallest absolute Gasteiger partial charge is 0.339 e. The van der Waals surface area contributed by atoms with Crippen molar-refractivity contribution in [1.82, 2.24) is 0 Å². The molecule has 0 radical (unpaired) electrons. The maximum Gasteiger partial charge on any atom is 0.339 e. The first-order chi connectivity index (χ1) is 10.3. The Kier molecular flexibility index (Phi) is 4.66. The number of ether oxygens (including phenoxy) is 1. The minimum absolute atomic E-state index is 0.109. The zero-order chi connectivity index (χ0) is 16.3. The first kappa shape index (κ1) is 16.2. The predicted molar refractivity (Wildman–Crippen MR) is 84.6 cm³/mol. The van der Waals surface area contributed by atoms with E-state index < -0.39 is 21.9 Å². The van der Waals surface area contributed by atoms with Crippen LogP contribution in [0.1, 0.15) is 34.5 Å². The summed E-state index contributed by atoms with van der Waals surface area (Å²) >= 11 is 0. The fraction of sp³-hybridized carbons (Fsp3) is 0.235. The van der Waals surface area contributed by atoms with E-state index in [0.717, 1.165) is 11.8 Å². The molecule has 0 N–H and O–H groups in total. The van der Waals surface area contributed by atoms with Crippen molar-refractivity contribution < 1.29 is 17.9 Å². The van der Waals surface area contributed by atoms with Crippen molar-refractivity contribution in [2.24, 2.45) is 0 Å². The quantitative estimate of drug-likeness (QED) is 0.811. The van der Waals surface area contributed by atoms with Crippen LogP contribution in [-0.2, 0) is 14.6 Å². The van der Waals surface area contributed by atoms with Crippen molar-refractivity contribution in [3.63, 3.8) is 0 Å². The molecule has 0 aliphatic heterocycles. The molecule has 0 spiro atoms. The lowest BCUT2D eigenvalue weighted by Crippen LogP contribution is -2.11. The third kappa shape index (κ3) is 3.74. The van der Waals surface area contributed by atoms with Crippen molar-refractivity contribution >= 4 is 15.8 Å². The molecule has 0 unspecified atom stereocenters. The van der Waals surface area contributed by atoms with E-state index in [1.54, 1.807) is 19.9 Å². The Balaban J connectivity index is 2.26. The second-order valence-corrected chi connectivity index (χ2v) is 7.22. The molecule has 0 saturated heterocycles. The Morgan fingerprint density at radius 2 is 1.73 bits per heavy atom. The highest BCUT2D eigenvalue weighted by Gasteiger charge is 2.18. The molecule has 0 bridgehead atoms. The molecule has 2 aromatic carbocycles. The lowest BCUT2D eigenvalue weighted by molar-refractivity contribution is 0.0336. The van der Waals surface area contributed by atoms with Crippen molar-refractivity contribution in [3.05, 3.63) is 65.2 Å². The largest absolute Gasteiger partial charge is 0.454 e. The molecule has 1 atom stereocenters. The van der Waals surface area contributed by atoms with Crippen LogP contribution in [0, 0.1) is 6.92 Å². The maximum absolute atomic E-state index is 12.3. The van der Waals surface area contributed by atoms with Gasteiger partial charge in [-0.2, -0.15) is 0 Å². The number of esters is 1. The van der Waals surface area contributed by atoms with E-state index in [1.807, 2.05) is 30.3 Å². The lowest BCUT2D eigenvalue weighted by atomic mass is 10.1. The van der Waals surface area contributed by atoms with E-state index in [2.05, 4.69) is 0 Å². The third-order valence-electron chi connectivity index (χ3n) is 3.41. The minimum atomic E-state index is -3.36. The summed E-state index contributed by atoms with van der Waals surface area (Å²) in [6, 6.07) is 13.8. The van der Waals surface area contributed by atoms with Crippen LogP contribution >= 0.6 is 0 Å². The van der Waals surface area contributed by atoms with Gasteiger partial charge in [-0.15, -0.1) is 0 Å². The van der Waals surface area contributed by atoms with Crippen molar-refractivity contribution in [3.8, 4) is 0 Å². The van der Waals surface area contributed by atoms with Gasteiger partial charge in [-0.1, -0.05) is 36.4 Å². The van der Waals surface area contributed by atoms with Crippen LogP contribution in [0.2, 0.25) is 0 Å². The fourth-order valence-corrected chi connectivity index (χ4v) is 2.71. The molecule has 116 valence electrons. The Bertz CT molecular complexity index is 780. The summed E-state index contributed by atoms with van der Waals surface area (Å²) < 4.78 is 28.7. The summed E-state index contributed by atoms with van der Waals surface area (Å²) in [6.07, 6.45) is 0.703. The summed E-state index contributed by atoms with van der Waals surface area (Å²) in [4.78, 5) is 12.4. The van der Waals surface area contributed by atoms with Crippen molar-refractivity contribution in [2.45, 2.75) is 24.8 Å². The SMILES string of the molecule is Cc1ccc(S(C)(=O)=O)cc1C(=O)O[C@@H](C)c1ccccc1. The van der Waals surface area contributed by atoms with Crippen molar-refractivity contribution in [2.75, 3.05) is 6.26 Å². The molecule has 0 aromatic heterocycles. The number of carbonyl (C=O) groups excluding carboxylic acids is 1. The number of aryl methyl sites for hydroxylation is 1. The van der Waals surface area contributed by atoms with E-state index in [9.17, 15) is 13.2 Å². The van der Waals surface area contributed by atoms with Crippen LogP contribution in [-0.4, -0.2) is 20.6 Å². The second-order valence-electron chi connectivity index (χ2n) is 5.21. The normalized spacial score (nSPS) is 12.7. The molecule has 0 fully saturated rings. The molecule has 2 aromatic rings. The molecule has 0 aliphatic rings. The van der Waals surface area contributed by atoms with Gasteiger partial charge >= 0.3 is 5.97 Å². The predicted octanol–water partition coefficient (Wildman–Crippen LogP) is 3.32. The number of benzene rings is 2. The Hall–Kier alpha value is -2.14. The third-order valence-corrected chi connectivity index (χ3v) is 4.52. The van der Waals surface area contributed by atoms with Gasteiger partial charge in [-0.3, -0.25) is 0 Å². The van der Waals surface area contributed by atoms with Gasteiger partial charge in [-0.05, 0) is 37.1 Å². The van der Waals surface area contributed by atoms with Crippen LogP contribution in [0.4, 0.5) is 0 Å². The molecular weight excluding hydrogens is 300 g/mol. The molecule has 0 heterocycles. The summed E-state index contributed by atoms with van der Waals surface area (Å²) in [5.74, 6) is -0.528. The molecule has 4 nitrogen and oxygen atoms in total. The average molecular weight is 318 g/mol. The van der Waals surface area contributed by atoms with E-state index >= 15 is 0 Å². The van der Waals surface area contributed by atoms with Crippen molar-refractivity contribution in [1.29, 1.82) is 0 Å². The standard InChI is InChI=1S/C17H18O4S/c1-12-9-10-15(22(3,19)20)11-16(12)17(18)21-13(2)14-7-5-4-6-8-14/h4-11,13H,1-3H3/t13-/m0/s1. The average Bonchev–Trinajstić information content (AvgIpc) is 2.47. The van der Waals surface area contributed by atoms with Gasteiger partial charge < -0.3 is 4.74 Å². The summed E-state index contributed by atoms with van der Waals surface area (Å²) in [6.45, 7) is 3.53. The monoisotopic (exact) mass is 318 g/mol. The second kappa shape index (κ2) is 6.32. The number of carbonyl (C=O) groups is 1. The zero-order valence-corrected chi connectivity index (χ0v) is 13.6. The first-order valence-electron chi connectivity index (χ1n) is 6.85. The topological polar surface area (TPSA) is 60.4 Å². The highest BCUT2D eigenvalue weighted by molar-refractivity contribution is 7.90. The summed E-state index contributed by atoms with van der Waals surface area (Å²) in [7, 11) is -3.36. The van der Waals surface area contributed by atoms with Crippen LogP contribution in [0.3, 0.4) is 0 Å². The number of hydrogen-bond acceptors (Lipinski definition) is 4. The van der Waals surface area contributed by atoms with E-state index in [1.165, 1.54) is 12.1 Å². The number of hydrogen-bond donors (Lipinski definition) is 0. The molecule has 0 saturated carbocycles. The summed E-state index contributed by atoms with van der Waals surface area (Å²) in [5, 5.41) is 0. The van der Waals surface area contributed by atoms with E-state index in [4.69, 9.17) is 4.74 Å². The molecule has 2 rings (SSSR count). The van der Waals surface area contributed by atoms with Gasteiger partial charge in [0.1, 0.15) is 6.10 Å². The van der Waals surface area contributed by atoms with Gasteiger partial charge in [0, 0.05) is 6.26 Å². The maximum atomic E-state index is 12.3. The Labute approximate surface area is 130 Å². The molecule has 22 heavy (non-hydrogen) atoms. The van der Waals surface area contributed by atoms with Crippen LogP contribution in [0.25, 0.3) is 0 Å². The van der Waals surface area contributed by atoms with E-state index in [0.29, 0.717) is 5.56 Å². The first-order valence-corrected chi connectivity index (χ1v) is 8.75. The number of sulfone groups is 1. The van der Waals surface area contributed by atoms with Crippen LogP contribution in [0.15, 0.2) is 53.4 Å². The van der Waals surface area contributed by atoms with Crippen LogP contribution in [0.5, 0.6) is 0 Å². The molecule has 5 heteroatoms. The lowest BCUT2D eigenvalue weighted by Gasteiger charge is -2.15. The Morgan fingerprint density at radius 3 is 2.32 bits per heavy atom. The van der Waals surface area contributed by atoms with Gasteiger partial charge in [0.25, 0.3) is 0 Å². The number of rotatable bonds is 4. The highest BCUT2D eigenvalue weighted by Crippen LogP contribution is 2.21. The zero-order valence-electron chi connectivity index (χ0n) is 12.7. The van der Waals surface area contributed by atoms with Gasteiger partial charge in [0.2, 0.25) is 0 Å². The van der Waals surface area contributed by atoms with Crippen LogP contribution < -0.4 is 0 Å². The summed E-state index contributed by atoms with van der Waals surface area (Å²) in [5.41, 5.74) is 1.83. The highest BCUT2D eigenvalue weighted by atomic mass is 32.2. The molecule has 0 aliphatic carbocycles. The molecular formula is C17H18O4S. The Morgan fingerprint density at radius 1 is 1.09 bits per heavy atom. The fourth-order valence-electron chi connectivity index (χ4n) is 2.07.